The van der Waals surface area contributed by atoms with Gasteiger partial charge in [0.2, 0.25) is 11.8 Å². The Hall–Kier alpha value is -4.06. The van der Waals surface area contributed by atoms with E-state index in [0.717, 1.165) is 0 Å². The standard InChI is InChI=1S/C29H29Cl3N6O5/c1-14(2)38-27(35-28(41)42-29(3,4)5)24(26(33)40)25(36-38)16-7-6-15(19(31)10-16)11-22(39)34-23-13-21(37-43-23)18-9-8-17(30)12-20(18)32/h6-10,12-14H,11H2,1-5H3,(H2,33,40)(H,34,39)(H,35,41). The number of anilines is 2. The third kappa shape index (κ3) is 7.67. The van der Waals surface area contributed by atoms with Gasteiger partial charge in [-0.15, -0.1) is 0 Å². The van der Waals surface area contributed by atoms with Gasteiger partial charge in [-0.1, -0.05) is 52.1 Å². The van der Waals surface area contributed by atoms with Crippen LogP contribution in [0.15, 0.2) is 47.0 Å². The number of ether oxygens (including phenoxy) is 1. The normalized spacial score (nSPS) is 11.5. The Kier molecular flexibility index (Phi) is 9.38. The second-order valence-electron chi connectivity index (χ2n) is 10.8. The minimum atomic E-state index is -0.807. The lowest BCUT2D eigenvalue weighted by molar-refractivity contribution is -0.115. The Morgan fingerprint density at radius 3 is 2.35 bits per heavy atom. The molecule has 11 nitrogen and oxygen atoms in total. The van der Waals surface area contributed by atoms with E-state index in [1.807, 2.05) is 13.8 Å². The van der Waals surface area contributed by atoms with Gasteiger partial charge >= 0.3 is 6.09 Å². The maximum Gasteiger partial charge on any atom is 0.413 e. The average molecular weight is 648 g/mol. The molecule has 4 aromatic rings. The Labute approximate surface area is 262 Å². The summed E-state index contributed by atoms with van der Waals surface area (Å²) >= 11 is 18.7. The van der Waals surface area contributed by atoms with Crippen molar-refractivity contribution in [3.05, 3.63) is 68.7 Å². The number of rotatable bonds is 8. The van der Waals surface area contributed by atoms with Gasteiger partial charge in [-0.3, -0.25) is 20.2 Å². The molecule has 14 heteroatoms. The van der Waals surface area contributed by atoms with Gasteiger partial charge in [-0.25, -0.2) is 9.48 Å². The highest BCUT2D eigenvalue weighted by atomic mass is 35.5. The van der Waals surface area contributed by atoms with Gasteiger partial charge < -0.3 is 15.0 Å². The number of carbonyl (C=O) groups is 3. The van der Waals surface area contributed by atoms with Gasteiger partial charge in [0.15, 0.2) is 0 Å². The lowest BCUT2D eigenvalue weighted by atomic mass is 10.0. The van der Waals surface area contributed by atoms with Crippen LogP contribution in [-0.2, 0) is 16.0 Å². The first-order chi connectivity index (χ1) is 20.1. The van der Waals surface area contributed by atoms with Crippen LogP contribution in [0.25, 0.3) is 22.5 Å². The van der Waals surface area contributed by atoms with Crippen molar-refractivity contribution in [1.82, 2.24) is 14.9 Å². The molecule has 0 bridgehead atoms. The van der Waals surface area contributed by atoms with E-state index in [-0.39, 0.29) is 40.4 Å². The van der Waals surface area contributed by atoms with E-state index in [2.05, 4.69) is 20.9 Å². The number of hydrogen-bond acceptors (Lipinski definition) is 7. The van der Waals surface area contributed by atoms with Crippen molar-refractivity contribution in [2.24, 2.45) is 5.73 Å². The Morgan fingerprint density at radius 2 is 1.74 bits per heavy atom. The number of nitrogens with zero attached hydrogens (tertiary/aromatic N) is 3. The first kappa shape index (κ1) is 31.9. The molecule has 4 rings (SSSR count). The summed E-state index contributed by atoms with van der Waals surface area (Å²) < 4.78 is 12.1. The Morgan fingerprint density at radius 1 is 1.02 bits per heavy atom. The largest absolute Gasteiger partial charge is 0.444 e. The fraction of sp³-hybridized carbons (Fsp3) is 0.276. The molecule has 0 fully saturated rings. The first-order valence-electron chi connectivity index (χ1n) is 13.1. The third-order valence-electron chi connectivity index (χ3n) is 5.92. The lowest BCUT2D eigenvalue weighted by Gasteiger charge is -2.20. The van der Waals surface area contributed by atoms with Crippen LogP contribution in [0, 0.1) is 0 Å². The molecule has 2 aromatic heterocycles. The van der Waals surface area contributed by atoms with Gasteiger partial charge in [-0.2, -0.15) is 5.10 Å². The van der Waals surface area contributed by atoms with Crippen molar-refractivity contribution in [1.29, 1.82) is 0 Å². The molecule has 4 N–H and O–H groups in total. The molecule has 0 saturated carbocycles. The van der Waals surface area contributed by atoms with Gasteiger partial charge in [0.25, 0.3) is 5.91 Å². The molecule has 0 atom stereocenters. The lowest BCUT2D eigenvalue weighted by Crippen LogP contribution is -2.29. The van der Waals surface area contributed by atoms with Crippen LogP contribution in [0.1, 0.15) is 56.6 Å². The summed E-state index contributed by atoms with van der Waals surface area (Å²) in [7, 11) is 0. The summed E-state index contributed by atoms with van der Waals surface area (Å²) in [5.41, 5.74) is 7.13. The highest BCUT2D eigenvalue weighted by Gasteiger charge is 2.28. The highest BCUT2D eigenvalue weighted by molar-refractivity contribution is 6.36. The smallest absolute Gasteiger partial charge is 0.413 e. The maximum atomic E-state index is 12.8. The van der Waals surface area contributed by atoms with Crippen LogP contribution >= 0.6 is 34.8 Å². The zero-order valence-corrected chi connectivity index (χ0v) is 26.2. The molecule has 2 aromatic carbocycles. The number of amides is 3. The fourth-order valence-electron chi connectivity index (χ4n) is 4.11. The third-order valence-corrected chi connectivity index (χ3v) is 6.82. The van der Waals surface area contributed by atoms with Crippen molar-refractivity contribution in [3.63, 3.8) is 0 Å². The maximum absolute atomic E-state index is 12.8. The van der Waals surface area contributed by atoms with Crippen molar-refractivity contribution in [3.8, 4) is 22.5 Å². The summed E-state index contributed by atoms with van der Waals surface area (Å²) in [5, 5.41) is 14.9. The molecule has 0 aliphatic rings. The number of nitrogens with two attached hydrogens (primary N) is 1. The van der Waals surface area contributed by atoms with Gasteiger partial charge in [-0.05, 0) is 64.4 Å². The van der Waals surface area contributed by atoms with Crippen LogP contribution in [0.3, 0.4) is 0 Å². The van der Waals surface area contributed by atoms with Gasteiger partial charge in [0.05, 0.1) is 11.4 Å². The molecule has 0 saturated heterocycles. The van der Waals surface area contributed by atoms with E-state index < -0.39 is 23.5 Å². The molecule has 0 unspecified atom stereocenters. The Bertz CT molecular complexity index is 1710. The SMILES string of the molecule is CC(C)n1nc(-c2ccc(CC(=O)Nc3cc(-c4ccc(Cl)cc4Cl)no3)c(Cl)c2)c(C(N)=O)c1NC(=O)OC(C)(C)C. The van der Waals surface area contributed by atoms with Gasteiger partial charge in [0, 0.05) is 33.3 Å². The quantitative estimate of drug-likeness (QED) is 0.180. The van der Waals surface area contributed by atoms with Crippen LogP contribution in [0.2, 0.25) is 15.1 Å². The van der Waals surface area contributed by atoms with Crippen molar-refractivity contribution in [2.75, 3.05) is 10.6 Å². The Balaban J connectivity index is 1.55. The topological polar surface area (TPSA) is 154 Å². The number of carbonyl (C=O) groups excluding carboxylic acids is 3. The van der Waals surface area contributed by atoms with E-state index >= 15 is 0 Å². The zero-order valence-electron chi connectivity index (χ0n) is 23.9. The number of nitrogens with one attached hydrogen (secondary N) is 2. The minimum absolute atomic E-state index is 0.0111. The summed E-state index contributed by atoms with van der Waals surface area (Å²) in [5.74, 6) is -1.00. The fourth-order valence-corrected chi connectivity index (χ4v) is 4.87. The summed E-state index contributed by atoms with van der Waals surface area (Å²) in [6, 6.07) is 11.1. The molecular formula is C29H29Cl3N6O5. The first-order valence-corrected chi connectivity index (χ1v) is 14.2. The van der Waals surface area contributed by atoms with E-state index in [4.69, 9.17) is 49.8 Å². The van der Waals surface area contributed by atoms with Gasteiger partial charge in [0.1, 0.15) is 28.4 Å². The zero-order chi connectivity index (χ0) is 31.6. The molecule has 3 amide bonds. The van der Waals surface area contributed by atoms with Crippen LogP contribution in [0.4, 0.5) is 16.5 Å². The molecule has 43 heavy (non-hydrogen) atoms. The van der Waals surface area contributed by atoms with Crippen molar-refractivity contribution < 1.29 is 23.6 Å². The highest BCUT2D eigenvalue weighted by Crippen LogP contribution is 2.34. The summed E-state index contributed by atoms with van der Waals surface area (Å²) in [6.45, 7) is 8.82. The second-order valence-corrected chi connectivity index (χ2v) is 12.1. The van der Waals surface area contributed by atoms with Crippen LogP contribution in [0.5, 0.6) is 0 Å². The van der Waals surface area contributed by atoms with E-state index in [1.54, 1.807) is 57.2 Å². The van der Waals surface area contributed by atoms with E-state index in [9.17, 15) is 14.4 Å². The monoisotopic (exact) mass is 646 g/mol. The van der Waals surface area contributed by atoms with E-state index in [0.29, 0.717) is 32.4 Å². The number of halogens is 3. The summed E-state index contributed by atoms with van der Waals surface area (Å²) in [6.07, 6.45) is -0.858. The molecule has 0 spiro atoms. The predicted molar refractivity (Wildman–Crippen MR) is 166 cm³/mol. The van der Waals surface area contributed by atoms with E-state index in [1.165, 1.54) is 10.7 Å². The number of primary amides is 1. The van der Waals surface area contributed by atoms with Crippen LogP contribution < -0.4 is 16.4 Å². The average Bonchev–Trinajstić information content (AvgIpc) is 3.49. The minimum Gasteiger partial charge on any atom is -0.444 e. The molecular weight excluding hydrogens is 619 g/mol. The molecule has 2 heterocycles. The second kappa shape index (κ2) is 12.7. The number of hydrogen-bond donors (Lipinski definition) is 3. The molecule has 226 valence electrons. The molecule has 0 radical (unpaired) electrons. The predicted octanol–water partition coefficient (Wildman–Crippen LogP) is 7.37. The molecule has 0 aliphatic heterocycles. The molecule has 0 aliphatic carbocycles. The summed E-state index contributed by atoms with van der Waals surface area (Å²) in [4.78, 5) is 37.9. The van der Waals surface area contributed by atoms with Crippen LogP contribution in [-0.4, -0.2) is 38.4 Å². The number of aromatic nitrogens is 3. The van der Waals surface area contributed by atoms with Crippen molar-refractivity contribution >= 4 is 64.4 Å². The van der Waals surface area contributed by atoms with Crippen molar-refractivity contribution in [2.45, 2.75) is 52.7 Å². The number of benzene rings is 2.